The molecule has 164 valence electrons. The summed E-state index contributed by atoms with van der Waals surface area (Å²) in [5.41, 5.74) is 0. The lowest BCUT2D eigenvalue weighted by Crippen LogP contribution is -1.97. The summed E-state index contributed by atoms with van der Waals surface area (Å²) < 4.78 is 0. The minimum absolute atomic E-state index is 0.366. The molecule has 0 aliphatic carbocycles. The van der Waals surface area contributed by atoms with Gasteiger partial charge in [0.2, 0.25) is 0 Å². The molecular weight excluding hydrogens is 382 g/mol. The Balaban J connectivity index is 0. The molecule has 0 radical (unpaired) electrons. The third-order valence-electron chi connectivity index (χ3n) is 5.48. The normalized spacial score (nSPS) is 10.8. The van der Waals surface area contributed by atoms with Gasteiger partial charge < -0.3 is 0 Å². The van der Waals surface area contributed by atoms with Crippen LogP contribution in [0.5, 0.6) is 0 Å². The van der Waals surface area contributed by atoms with Crippen LogP contribution in [0.15, 0.2) is 0 Å². The van der Waals surface area contributed by atoms with Crippen molar-refractivity contribution < 1.29 is 0 Å². The zero-order valence-corrected chi connectivity index (χ0v) is 21.9. The Morgan fingerprint density at radius 1 is 0.407 bits per heavy atom. The van der Waals surface area contributed by atoms with Gasteiger partial charge in [0.05, 0.1) is 0 Å². The van der Waals surface area contributed by atoms with Crippen molar-refractivity contribution in [3.8, 4) is 0 Å². The Kier molecular flexibility index (Phi) is 32.6. The van der Waals surface area contributed by atoms with Crippen molar-refractivity contribution in [3.05, 3.63) is 0 Å². The molecule has 0 N–H and O–H groups in total. The lowest BCUT2D eigenvalue weighted by atomic mass is 10.1. The van der Waals surface area contributed by atoms with Crippen LogP contribution in [0.4, 0.5) is 0 Å². The fourth-order valence-corrected chi connectivity index (χ4v) is 6.37. The molecule has 0 aliphatic heterocycles. The minimum Gasteiger partial charge on any atom is -0.107 e. The number of rotatable bonds is 21. The van der Waals surface area contributed by atoms with Gasteiger partial charge in [0.25, 0.3) is 0 Å². The number of unbranched alkanes of at least 4 members (excludes halogenated alkanes) is 15. The second-order valence-corrected chi connectivity index (χ2v) is 10.8. The van der Waals surface area contributed by atoms with E-state index in [1.807, 2.05) is 0 Å². The highest BCUT2D eigenvalue weighted by molar-refractivity contribution is 7.88. The zero-order chi connectivity index (χ0) is 20.4. The third-order valence-corrected chi connectivity index (χ3v) is 8.33. The first kappa shape index (κ1) is 30.1. The quantitative estimate of drug-likeness (QED) is 0.128. The number of hydrogen-bond acceptors (Lipinski definition) is 1. The minimum atomic E-state index is 0.366. The van der Waals surface area contributed by atoms with Gasteiger partial charge in [0, 0.05) is 0 Å². The van der Waals surface area contributed by atoms with Crippen LogP contribution in [-0.2, 0) is 11.8 Å². The molecular formula is C24H52P2S. The van der Waals surface area contributed by atoms with Gasteiger partial charge in [-0.3, -0.25) is 0 Å². The molecule has 0 rings (SSSR count). The van der Waals surface area contributed by atoms with Crippen LogP contribution in [-0.4, -0.2) is 18.5 Å². The van der Waals surface area contributed by atoms with Gasteiger partial charge in [-0.1, -0.05) is 129 Å². The van der Waals surface area contributed by atoms with Crippen molar-refractivity contribution in [2.45, 2.75) is 136 Å². The second-order valence-electron chi connectivity index (χ2n) is 8.14. The first-order valence-electron chi connectivity index (χ1n) is 12.3. The molecule has 0 saturated heterocycles. The smallest absolute Gasteiger partial charge is 0.0326 e. The first-order chi connectivity index (χ1) is 13.3. The molecule has 0 heterocycles. The predicted molar refractivity (Wildman–Crippen MR) is 137 cm³/mol. The Morgan fingerprint density at radius 2 is 0.630 bits per heavy atom. The van der Waals surface area contributed by atoms with E-state index in [1.165, 1.54) is 116 Å². The molecule has 0 amide bonds. The summed E-state index contributed by atoms with van der Waals surface area (Å²) in [6.45, 7) is 6.96. The maximum Gasteiger partial charge on any atom is -0.0326 e. The molecule has 0 saturated carbocycles. The molecule has 0 unspecified atom stereocenters. The summed E-state index contributed by atoms with van der Waals surface area (Å²) in [6.07, 6.45) is 31.2. The van der Waals surface area contributed by atoms with Crippen LogP contribution in [0.3, 0.4) is 0 Å². The fourth-order valence-electron chi connectivity index (χ4n) is 3.68. The Bertz CT molecular complexity index is 210. The molecule has 0 aromatic rings. The lowest BCUT2D eigenvalue weighted by Gasteiger charge is -2.18. The maximum atomic E-state index is 3.89. The Labute approximate surface area is 182 Å². The molecule has 0 nitrogen and oxygen atoms in total. The highest BCUT2D eigenvalue weighted by Gasteiger charge is 2.07. The molecule has 0 atom stereocenters. The van der Waals surface area contributed by atoms with Crippen LogP contribution >= 0.6 is 15.9 Å². The summed E-state index contributed by atoms with van der Waals surface area (Å²) in [5, 5.41) is 0. The largest absolute Gasteiger partial charge is 0.107 e. The molecule has 0 bridgehead atoms. The highest BCUT2D eigenvalue weighted by Crippen LogP contribution is 2.39. The zero-order valence-electron chi connectivity index (χ0n) is 19.2. The van der Waals surface area contributed by atoms with E-state index < -0.39 is 0 Å². The van der Waals surface area contributed by atoms with E-state index in [2.05, 4.69) is 40.6 Å². The van der Waals surface area contributed by atoms with Crippen LogP contribution in [0, 0.1) is 0 Å². The van der Waals surface area contributed by atoms with Crippen LogP contribution in [0.1, 0.15) is 136 Å². The van der Waals surface area contributed by atoms with Crippen LogP contribution < -0.4 is 0 Å². The Morgan fingerprint density at radius 3 is 0.889 bits per heavy atom. The van der Waals surface area contributed by atoms with Gasteiger partial charge >= 0.3 is 0 Å². The molecule has 0 aromatic carbocycles. The van der Waals surface area contributed by atoms with E-state index in [4.69, 9.17) is 0 Å². The van der Waals surface area contributed by atoms with Crippen molar-refractivity contribution in [1.29, 1.82) is 0 Å². The van der Waals surface area contributed by atoms with Gasteiger partial charge in [0.15, 0.2) is 0 Å². The van der Waals surface area contributed by atoms with Crippen molar-refractivity contribution in [1.82, 2.24) is 0 Å². The van der Waals surface area contributed by atoms with E-state index >= 15 is 0 Å². The SMILES string of the molecule is CCCCCCCCP(CCCCCCCC)CCCCCCCC.P=S. The predicted octanol–water partition coefficient (Wildman–Crippen LogP) is 10.1. The van der Waals surface area contributed by atoms with E-state index in [9.17, 15) is 0 Å². The van der Waals surface area contributed by atoms with Gasteiger partial charge in [-0.05, 0) is 45.8 Å². The second kappa shape index (κ2) is 29.2. The van der Waals surface area contributed by atoms with Gasteiger partial charge in [-0.15, -0.1) is 7.92 Å². The monoisotopic (exact) mass is 434 g/mol. The molecule has 0 fully saturated rings. The molecule has 0 aliphatic rings. The average molecular weight is 435 g/mol. The summed E-state index contributed by atoms with van der Waals surface area (Å²) in [5.74, 6) is 0. The first-order valence-corrected chi connectivity index (χ1v) is 15.8. The standard InChI is InChI=1S/C24H51P.HPS/c1-4-7-10-13-16-19-22-25(23-20-17-14-11-8-5-2)24-21-18-15-12-9-6-3;1-2/h4-24H2,1-3H3;1H. The molecule has 3 heteroatoms. The van der Waals surface area contributed by atoms with Crippen molar-refractivity contribution >= 4 is 27.7 Å². The molecule has 27 heavy (non-hydrogen) atoms. The van der Waals surface area contributed by atoms with Gasteiger partial charge in [-0.25, -0.2) is 0 Å². The lowest BCUT2D eigenvalue weighted by molar-refractivity contribution is 0.617. The highest BCUT2D eigenvalue weighted by atomic mass is 32.4. The van der Waals surface area contributed by atoms with Crippen molar-refractivity contribution in [3.63, 3.8) is 0 Å². The summed E-state index contributed by atoms with van der Waals surface area (Å²) >= 11 is 3.89. The summed E-state index contributed by atoms with van der Waals surface area (Å²) in [6, 6.07) is 0. The third kappa shape index (κ3) is 26.9. The van der Waals surface area contributed by atoms with Crippen LogP contribution in [0.25, 0.3) is 0 Å². The Hall–Kier alpha value is 0.950. The van der Waals surface area contributed by atoms with Gasteiger partial charge in [-0.2, -0.15) is 0 Å². The van der Waals surface area contributed by atoms with E-state index in [-0.39, 0.29) is 0 Å². The summed E-state index contributed by atoms with van der Waals surface area (Å²) in [4.78, 5) is 0. The van der Waals surface area contributed by atoms with Crippen molar-refractivity contribution in [2.24, 2.45) is 0 Å². The topological polar surface area (TPSA) is 0 Å². The molecule has 0 spiro atoms. The van der Waals surface area contributed by atoms with E-state index in [0.717, 1.165) is 0 Å². The maximum absolute atomic E-state index is 3.89. The van der Waals surface area contributed by atoms with Crippen molar-refractivity contribution in [2.75, 3.05) is 18.5 Å². The average Bonchev–Trinajstić information content (AvgIpc) is 2.70. The van der Waals surface area contributed by atoms with Gasteiger partial charge in [0.1, 0.15) is 0 Å². The van der Waals surface area contributed by atoms with E-state index in [0.29, 0.717) is 7.92 Å². The summed E-state index contributed by atoms with van der Waals surface area (Å²) in [7, 11) is 2.92. The fraction of sp³-hybridized carbons (Fsp3) is 1.00. The molecule has 0 aromatic heterocycles. The number of hydrogen-bond donors (Lipinski definition) is 0. The van der Waals surface area contributed by atoms with Crippen LogP contribution in [0.2, 0.25) is 0 Å². The van der Waals surface area contributed by atoms with E-state index in [1.54, 1.807) is 18.5 Å².